The highest BCUT2D eigenvalue weighted by molar-refractivity contribution is 5.83. The van der Waals surface area contributed by atoms with Gasteiger partial charge >= 0.3 is 0 Å². The van der Waals surface area contributed by atoms with Gasteiger partial charge < -0.3 is 10.8 Å². The standard InChI is InChI=1S/C16H14N4O2/c17-15(21)10-7-9(10)14-13(16(22)20-19-14)12-6-5-8-3-1-2-4-11(8)18-12/h1-6,9-10H,7H2,(H2,17,21)(H2,19,20,22). The van der Waals surface area contributed by atoms with Crippen molar-refractivity contribution < 1.29 is 4.79 Å². The Morgan fingerprint density at radius 2 is 2.00 bits per heavy atom. The second-order valence-corrected chi connectivity index (χ2v) is 5.61. The van der Waals surface area contributed by atoms with Crippen LogP contribution in [0.4, 0.5) is 0 Å². The molecule has 1 saturated carbocycles. The van der Waals surface area contributed by atoms with Gasteiger partial charge in [-0.15, -0.1) is 0 Å². The van der Waals surface area contributed by atoms with E-state index in [0.29, 0.717) is 17.7 Å². The number of benzene rings is 1. The van der Waals surface area contributed by atoms with Crippen LogP contribution in [0.2, 0.25) is 0 Å². The molecule has 0 spiro atoms. The minimum Gasteiger partial charge on any atom is -0.369 e. The lowest BCUT2D eigenvalue weighted by atomic mass is 10.1. The highest BCUT2D eigenvalue weighted by Gasteiger charge is 2.45. The van der Waals surface area contributed by atoms with Gasteiger partial charge in [0.05, 0.1) is 22.5 Å². The van der Waals surface area contributed by atoms with Crippen molar-refractivity contribution in [1.82, 2.24) is 15.2 Å². The van der Waals surface area contributed by atoms with Gasteiger partial charge in [0, 0.05) is 17.2 Å². The Bertz CT molecular complexity index is 940. The summed E-state index contributed by atoms with van der Waals surface area (Å²) in [5, 5.41) is 6.49. The van der Waals surface area contributed by atoms with Gasteiger partial charge in [-0.05, 0) is 18.6 Å². The average molecular weight is 294 g/mol. The number of hydrogen-bond donors (Lipinski definition) is 3. The molecule has 0 aliphatic heterocycles. The number of rotatable bonds is 3. The molecule has 110 valence electrons. The molecule has 3 aromatic rings. The lowest BCUT2D eigenvalue weighted by Gasteiger charge is -2.03. The van der Waals surface area contributed by atoms with E-state index in [0.717, 1.165) is 16.6 Å². The molecule has 1 aromatic carbocycles. The van der Waals surface area contributed by atoms with E-state index in [2.05, 4.69) is 15.2 Å². The fourth-order valence-corrected chi connectivity index (χ4v) is 2.94. The van der Waals surface area contributed by atoms with Gasteiger partial charge in [0.25, 0.3) is 5.56 Å². The Morgan fingerprint density at radius 3 is 2.77 bits per heavy atom. The highest BCUT2D eigenvalue weighted by Crippen LogP contribution is 2.48. The van der Waals surface area contributed by atoms with Gasteiger partial charge in [-0.1, -0.05) is 24.3 Å². The number of nitrogens with zero attached hydrogens (tertiary/aromatic N) is 1. The third kappa shape index (κ3) is 1.92. The number of hydrogen-bond acceptors (Lipinski definition) is 3. The number of para-hydroxylation sites is 1. The Balaban J connectivity index is 1.83. The minimum absolute atomic E-state index is 0.0280. The second kappa shape index (κ2) is 4.56. The zero-order valence-corrected chi connectivity index (χ0v) is 11.7. The molecule has 4 rings (SSSR count). The van der Waals surface area contributed by atoms with Crippen LogP contribution in [0.25, 0.3) is 22.2 Å². The maximum atomic E-state index is 12.1. The first-order valence-electron chi connectivity index (χ1n) is 7.11. The zero-order valence-electron chi connectivity index (χ0n) is 11.7. The predicted octanol–water partition coefficient (Wildman–Crippen LogP) is 1.51. The summed E-state index contributed by atoms with van der Waals surface area (Å²) in [5.74, 6) is -0.560. The molecule has 0 radical (unpaired) electrons. The normalized spacial score (nSPS) is 20.2. The maximum Gasteiger partial charge on any atom is 0.273 e. The molecular weight excluding hydrogens is 280 g/mol. The summed E-state index contributed by atoms with van der Waals surface area (Å²) in [7, 11) is 0. The molecule has 1 amide bonds. The summed E-state index contributed by atoms with van der Waals surface area (Å²) in [6, 6.07) is 11.5. The van der Waals surface area contributed by atoms with E-state index in [1.165, 1.54) is 0 Å². The number of aromatic amines is 2. The van der Waals surface area contributed by atoms with E-state index < -0.39 is 0 Å². The van der Waals surface area contributed by atoms with Crippen molar-refractivity contribution >= 4 is 16.8 Å². The van der Waals surface area contributed by atoms with Crippen molar-refractivity contribution in [2.75, 3.05) is 0 Å². The Labute approximate surface area is 125 Å². The molecule has 6 heteroatoms. The number of H-pyrrole nitrogens is 2. The SMILES string of the molecule is NC(=O)C1CC1c1[nH][nH]c(=O)c1-c1ccc2ccccc2n1. The van der Waals surface area contributed by atoms with E-state index in [4.69, 9.17) is 5.73 Å². The van der Waals surface area contributed by atoms with E-state index >= 15 is 0 Å². The molecular formula is C16H14N4O2. The van der Waals surface area contributed by atoms with Gasteiger partial charge in [-0.25, -0.2) is 4.98 Å². The summed E-state index contributed by atoms with van der Waals surface area (Å²) in [6.07, 6.45) is 0.670. The fourth-order valence-electron chi connectivity index (χ4n) is 2.94. The first kappa shape index (κ1) is 12.8. The van der Waals surface area contributed by atoms with Crippen LogP contribution in [-0.4, -0.2) is 21.1 Å². The maximum absolute atomic E-state index is 12.1. The molecule has 0 saturated heterocycles. The summed E-state index contributed by atoms with van der Waals surface area (Å²) < 4.78 is 0. The number of nitrogens with one attached hydrogen (secondary N) is 2. The fraction of sp³-hybridized carbons (Fsp3) is 0.188. The summed E-state index contributed by atoms with van der Waals surface area (Å²) in [6.45, 7) is 0. The monoisotopic (exact) mass is 294 g/mol. The number of pyridine rings is 1. The van der Waals surface area contributed by atoms with E-state index in [1.807, 2.05) is 36.4 Å². The predicted molar refractivity (Wildman–Crippen MR) is 82.2 cm³/mol. The average Bonchev–Trinajstić information content (AvgIpc) is 3.23. The minimum atomic E-state index is -0.329. The Kier molecular flexibility index (Phi) is 2.66. The van der Waals surface area contributed by atoms with Crippen LogP contribution in [-0.2, 0) is 4.79 Å². The summed E-state index contributed by atoms with van der Waals surface area (Å²) in [4.78, 5) is 28.0. The van der Waals surface area contributed by atoms with Crippen LogP contribution < -0.4 is 11.3 Å². The molecule has 1 aliphatic carbocycles. The first-order valence-corrected chi connectivity index (χ1v) is 7.11. The number of primary amides is 1. The van der Waals surface area contributed by atoms with Gasteiger partial charge in [0.2, 0.25) is 5.91 Å². The van der Waals surface area contributed by atoms with Crippen molar-refractivity contribution in [3.63, 3.8) is 0 Å². The molecule has 0 bridgehead atoms. The number of carbonyl (C=O) groups excluding carboxylic acids is 1. The largest absolute Gasteiger partial charge is 0.369 e. The molecule has 2 unspecified atom stereocenters. The van der Waals surface area contributed by atoms with E-state index in [-0.39, 0.29) is 23.3 Å². The lowest BCUT2D eigenvalue weighted by Crippen LogP contribution is -2.14. The van der Waals surface area contributed by atoms with Gasteiger partial charge in [0.1, 0.15) is 0 Å². The lowest BCUT2D eigenvalue weighted by molar-refractivity contribution is -0.119. The molecule has 1 fully saturated rings. The molecule has 1 aliphatic rings. The first-order chi connectivity index (χ1) is 10.6. The second-order valence-electron chi connectivity index (χ2n) is 5.61. The van der Waals surface area contributed by atoms with Crippen LogP contribution in [0.5, 0.6) is 0 Å². The molecule has 6 nitrogen and oxygen atoms in total. The number of nitrogens with two attached hydrogens (primary N) is 1. The van der Waals surface area contributed by atoms with Crippen molar-refractivity contribution in [2.24, 2.45) is 11.7 Å². The van der Waals surface area contributed by atoms with Crippen molar-refractivity contribution in [3.05, 3.63) is 52.4 Å². The molecule has 22 heavy (non-hydrogen) atoms. The number of fused-ring (bicyclic) bond motifs is 1. The summed E-state index contributed by atoms with van der Waals surface area (Å²) in [5.41, 5.74) is 7.76. The number of carbonyl (C=O) groups is 1. The zero-order chi connectivity index (χ0) is 15.3. The van der Waals surface area contributed by atoms with Crippen molar-refractivity contribution in [2.45, 2.75) is 12.3 Å². The summed E-state index contributed by atoms with van der Waals surface area (Å²) >= 11 is 0. The van der Waals surface area contributed by atoms with Crippen LogP contribution in [0.1, 0.15) is 18.0 Å². The molecule has 2 heterocycles. The molecule has 2 aromatic heterocycles. The van der Waals surface area contributed by atoms with Gasteiger partial charge in [-0.2, -0.15) is 0 Å². The van der Waals surface area contributed by atoms with E-state index in [9.17, 15) is 9.59 Å². The highest BCUT2D eigenvalue weighted by atomic mass is 16.1. The van der Waals surface area contributed by atoms with Crippen LogP contribution >= 0.6 is 0 Å². The topological polar surface area (TPSA) is 105 Å². The molecule has 2 atom stereocenters. The third-order valence-electron chi connectivity index (χ3n) is 4.19. The quantitative estimate of drug-likeness (QED) is 0.681. The van der Waals surface area contributed by atoms with Crippen molar-refractivity contribution in [1.29, 1.82) is 0 Å². The van der Waals surface area contributed by atoms with Crippen LogP contribution in [0.15, 0.2) is 41.2 Å². The van der Waals surface area contributed by atoms with Gasteiger partial charge in [-0.3, -0.25) is 14.7 Å². The third-order valence-corrected chi connectivity index (χ3v) is 4.19. The van der Waals surface area contributed by atoms with Crippen molar-refractivity contribution in [3.8, 4) is 11.3 Å². The number of amides is 1. The van der Waals surface area contributed by atoms with Gasteiger partial charge in [0.15, 0.2) is 0 Å². The van der Waals surface area contributed by atoms with Crippen LogP contribution in [0.3, 0.4) is 0 Å². The van der Waals surface area contributed by atoms with E-state index in [1.54, 1.807) is 0 Å². The Hall–Kier alpha value is -2.89. The molecule has 4 N–H and O–H groups in total. The smallest absolute Gasteiger partial charge is 0.273 e. The van der Waals surface area contributed by atoms with Crippen LogP contribution in [0, 0.1) is 5.92 Å². The Morgan fingerprint density at radius 1 is 1.18 bits per heavy atom. The number of aromatic nitrogens is 3.